The normalized spacial score (nSPS) is 11.7. The van der Waals surface area contributed by atoms with E-state index < -0.39 is 6.61 Å². The van der Waals surface area contributed by atoms with Gasteiger partial charge in [-0.3, -0.25) is 4.99 Å². The summed E-state index contributed by atoms with van der Waals surface area (Å²) in [5.41, 5.74) is 0.472. The van der Waals surface area contributed by atoms with Crippen LogP contribution in [0.2, 0.25) is 5.02 Å². The van der Waals surface area contributed by atoms with Crippen LogP contribution in [0.1, 0.15) is 17.3 Å². The number of nitrogens with one attached hydrogen (secondary N) is 2. The van der Waals surface area contributed by atoms with E-state index in [2.05, 4.69) is 30.5 Å². The van der Waals surface area contributed by atoms with Gasteiger partial charge in [-0.15, -0.1) is 0 Å². The fourth-order valence-corrected chi connectivity index (χ4v) is 2.06. The molecule has 0 aliphatic heterocycles. The first-order valence-corrected chi connectivity index (χ1v) is 7.32. The highest BCUT2D eigenvalue weighted by atomic mass is 35.5. The van der Waals surface area contributed by atoms with Crippen LogP contribution in [-0.2, 0) is 13.1 Å². The molecule has 0 atom stereocenters. The summed E-state index contributed by atoms with van der Waals surface area (Å²) in [5.74, 6) is 1.40. The molecular formula is C14H16ClF2N5O2. The highest BCUT2D eigenvalue weighted by molar-refractivity contribution is 6.30. The zero-order chi connectivity index (χ0) is 17.5. The molecule has 0 bridgehead atoms. The van der Waals surface area contributed by atoms with Crippen LogP contribution in [0, 0.1) is 6.92 Å². The van der Waals surface area contributed by atoms with Gasteiger partial charge in [-0.25, -0.2) is 0 Å². The van der Waals surface area contributed by atoms with E-state index in [-0.39, 0.29) is 18.8 Å². The Morgan fingerprint density at radius 3 is 2.75 bits per heavy atom. The molecule has 7 nitrogen and oxygen atoms in total. The second-order valence-electron chi connectivity index (χ2n) is 4.65. The number of aryl methyl sites for hydroxylation is 1. The van der Waals surface area contributed by atoms with Crippen molar-refractivity contribution in [2.75, 3.05) is 7.05 Å². The van der Waals surface area contributed by atoms with E-state index >= 15 is 0 Å². The van der Waals surface area contributed by atoms with Gasteiger partial charge in [0, 0.05) is 24.2 Å². The van der Waals surface area contributed by atoms with Gasteiger partial charge in [0.15, 0.2) is 11.8 Å². The van der Waals surface area contributed by atoms with E-state index in [1.807, 2.05) is 0 Å². The van der Waals surface area contributed by atoms with Crippen molar-refractivity contribution in [2.45, 2.75) is 26.6 Å². The lowest BCUT2D eigenvalue weighted by Crippen LogP contribution is -2.36. The van der Waals surface area contributed by atoms with Crippen molar-refractivity contribution in [3.05, 3.63) is 40.5 Å². The van der Waals surface area contributed by atoms with Gasteiger partial charge >= 0.3 is 6.61 Å². The van der Waals surface area contributed by atoms with Crippen LogP contribution >= 0.6 is 11.6 Å². The molecule has 0 amide bonds. The van der Waals surface area contributed by atoms with Crippen molar-refractivity contribution in [3.63, 3.8) is 0 Å². The molecule has 0 aliphatic carbocycles. The molecule has 0 saturated heterocycles. The van der Waals surface area contributed by atoms with Crippen molar-refractivity contribution in [2.24, 2.45) is 4.99 Å². The van der Waals surface area contributed by atoms with E-state index in [1.54, 1.807) is 20.0 Å². The summed E-state index contributed by atoms with van der Waals surface area (Å²) in [6, 6.07) is 4.41. The number of benzene rings is 1. The standard InChI is InChI=1S/C14H16ClF2N5O2/c1-8-21-12(24-22-8)7-20-14(18-2)19-6-9-5-10(15)3-4-11(9)23-13(16)17/h3-5,13H,6-7H2,1-2H3,(H2,18,19,20). The molecule has 2 N–H and O–H groups in total. The monoisotopic (exact) mass is 359 g/mol. The van der Waals surface area contributed by atoms with Gasteiger partial charge in [0.2, 0.25) is 5.89 Å². The van der Waals surface area contributed by atoms with E-state index in [9.17, 15) is 8.78 Å². The Morgan fingerprint density at radius 1 is 1.38 bits per heavy atom. The quantitative estimate of drug-likeness (QED) is 0.609. The first-order valence-electron chi connectivity index (χ1n) is 6.95. The Kier molecular flexibility index (Phi) is 6.30. The van der Waals surface area contributed by atoms with Gasteiger partial charge in [-0.2, -0.15) is 13.8 Å². The fourth-order valence-electron chi connectivity index (χ4n) is 1.87. The zero-order valence-electron chi connectivity index (χ0n) is 13.0. The minimum atomic E-state index is -2.91. The average molecular weight is 360 g/mol. The molecule has 2 rings (SSSR count). The van der Waals surface area contributed by atoms with E-state index in [4.69, 9.17) is 16.1 Å². The summed E-state index contributed by atoms with van der Waals surface area (Å²) in [5, 5.41) is 10.0. The SMILES string of the molecule is CN=C(NCc1nc(C)no1)NCc1cc(Cl)ccc1OC(F)F. The van der Waals surface area contributed by atoms with Crippen molar-refractivity contribution in [1.29, 1.82) is 0 Å². The Morgan fingerprint density at radius 2 is 2.12 bits per heavy atom. The minimum absolute atomic E-state index is 0.0462. The van der Waals surface area contributed by atoms with Gasteiger partial charge in [-0.05, 0) is 25.1 Å². The number of rotatable bonds is 6. The van der Waals surface area contributed by atoms with Crippen LogP contribution < -0.4 is 15.4 Å². The average Bonchev–Trinajstić information content (AvgIpc) is 2.95. The summed E-state index contributed by atoms with van der Waals surface area (Å²) < 4.78 is 34.3. The second kappa shape index (κ2) is 8.44. The molecule has 0 saturated carbocycles. The number of aliphatic imine (C=N–C) groups is 1. The Hall–Kier alpha value is -2.42. The maximum absolute atomic E-state index is 12.4. The van der Waals surface area contributed by atoms with Gasteiger partial charge < -0.3 is 19.9 Å². The predicted octanol–water partition coefficient (Wildman–Crippen LogP) is 2.50. The molecular weight excluding hydrogens is 344 g/mol. The molecule has 1 aromatic heterocycles. The molecule has 1 aromatic carbocycles. The smallest absolute Gasteiger partial charge is 0.387 e. The second-order valence-corrected chi connectivity index (χ2v) is 5.08. The highest BCUT2D eigenvalue weighted by Gasteiger charge is 2.11. The number of halogens is 3. The topological polar surface area (TPSA) is 84.6 Å². The number of nitrogens with zero attached hydrogens (tertiary/aromatic N) is 3. The number of hydrogen-bond acceptors (Lipinski definition) is 5. The van der Waals surface area contributed by atoms with Crippen LogP contribution in [0.3, 0.4) is 0 Å². The van der Waals surface area contributed by atoms with E-state index in [1.165, 1.54) is 12.1 Å². The van der Waals surface area contributed by atoms with E-state index in [0.29, 0.717) is 28.3 Å². The fraction of sp³-hybridized carbons (Fsp3) is 0.357. The lowest BCUT2D eigenvalue weighted by molar-refractivity contribution is -0.0504. The minimum Gasteiger partial charge on any atom is -0.434 e. The van der Waals surface area contributed by atoms with Crippen LogP contribution in [0.25, 0.3) is 0 Å². The molecule has 130 valence electrons. The first kappa shape index (κ1) is 17.9. The lowest BCUT2D eigenvalue weighted by atomic mass is 10.2. The van der Waals surface area contributed by atoms with Crippen LogP contribution in [0.5, 0.6) is 5.75 Å². The van der Waals surface area contributed by atoms with Crippen molar-refractivity contribution < 1.29 is 18.0 Å². The van der Waals surface area contributed by atoms with Gasteiger partial charge in [0.25, 0.3) is 0 Å². The molecule has 2 aromatic rings. The number of alkyl halides is 2. The van der Waals surface area contributed by atoms with Crippen LogP contribution in [0.4, 0.5) is 8.78 Å². The van der Waals surface area contributed by atoms with Crippen LogP contribution in [0.15, 0.2) is 27.7 Å². The largest absolute Gasteiger partial charge is 0.434 e. The Bertz CT molecular complexity index is 708. The van der Waals surface area contributed by atoms with Crippen molar-refractivity contribution in [3.8, 4) is 5.75 Å². The summed E-state index contributed by atoms with van der Waals surface area (Å²) in [7, 11) is 1.57. The Balaban J connectivity index is 1.96. The number of ether oxygens (including phenoxy) is 1. The van der Waals surface area contributed by atoms with Crippen molar-refractivity contribution >= 4 is 17.6 Å². The first-order chi connectivity index (χ1) is 11.5. The zero-order valence-corrected chi connectivity index (χ0v) is 13.8. The van der Waals surface area contributed by atoms with Crippen molar-refractivity contribution in [1.82, 2.24) is 20.8 Å². The number of guanidine groups is 1. The molecule has 0 spiro atoms. The molecule has 0 aliphatic rings. The molecule has 1 heterocycles. The third-order valence-corrected chi connectivity index (χ3v) is 3.12. The maximum Gasteiger partial charge on any atom is 0.387 e. The molecule has 10 heteroatoms. The lowest BCUT2D eigenvalue weighted by Gasteiger charge is -2.14. The third kappa shape index (κ3) is 5.34. The predicted molar refractivity (Wildman–Crippen MR) is 84.2 cm³/mol. The van der Waals surface area contributed by atoms with Gasteiger partial charge in [0.1, 0.15) is 5.75 Å². The molecule has 0 unspecified atom stereocenters. The Labute approximate surface area is 142 Å². The van der Waals surface area contributed by atoms with Crippen LogP contribution in [-0.4, -0.2) is 29.8 Å². The van der Waals surface area contributed by atoms with Gasteiger partial charge in [-0.1, -0.05) is 16.8 Å². The summed E-state index contributed by atoms with van der Waals surface area (Å²) in [4.78, 5) is 8.07. The molecule has 0 radical (unpaired) electrons. The summed E-state index contributed by atoms with van der Waals surface area (Å²) >= 11 is 5.90. The number of aromatic nitrogens is 2. The number of hydrogen-bond donors (Lipinski definition) is 2. The highest BCUT2D eigenvalue weighted by Crippen LogP contribution is 2.24. The summed E-state index contributed by atoms with van der Waals surface area (Å²) in [6.45, 7) is -0.742. The van der Waals surface area contributed by atoms with E-state index in [0.717, 1.165) is 0 Å². The summed E-state index contributed by atoms with van der Waals surface area (Å²) in [6.07, 6.45) is 0. The molecule has 24 heavy (non-hydrogen) atoms. The molecule has 0 fully saturated rings. The third-order valence-electron chi connectivity index (χ3n) is 2.89. The van der Waals surface area contributed by atoms with Gasteiger partial charge in [0.05, 0.1) is 6.54 Å². The maximum atomic E-state index is 12.4.